The fraction of sp³-hybridized carbons (Fsp3) is 0.909. The summed E-state index contributed by atoms with van der Waals surface area (Å²) in [7, 11) is 0. The fourth-order valence-corrected chi connectivity index (χ4v) is 1.69. The van der Waals surface area contributed by atoms with Gasteiger partial charge in [-0.25, -0.2) is 0 Å². The molecule has 16 heavy (non-hydrogen) atoms. The number of aliphatic hydroxyl groups excluding tert-OH is 1. The van der Waals surface area contributed by atoms with Crippen molar-refractivity contribution in [1.29, 1.82) is 0 Å². The van der Waals surface area contributed by atoms with Crippen LogP contribution in [-0.4, -0.2) is 61.4 Å². The van der Waals surface area contributed by atoms with Gasteiger partial charge in [-0.05, 0) is 19.8 Å². The second-order valence-corrected chi connectivity index (χ2v) is 4.14. The lowest BCUT2D eigenvalue weighted by Gasteiger charge is -2.27. The summed E-state index contributed by atoms with van der Waals surface area (Å²) in [6.07, 6.45) is 1.67. The van der Waals surface area contributed by atoms with Crippen LogP contribution in [0.1, 0.15) is 19.8 Å². The van der Waals surface area contributed by atoms with Gasteiger partial charge in [0.2, 0.25) is 5.91 Å². The number of hydrogen-bond donors (Lipinski definition) is 2. The molecule has 1 aliphatic heterocycles. The highest BCUT2D eigenvalue weighted by Crippen LogP contribution is 1.98. The molecule has 0 aliphatic carbocycles. The predicted octanol–water partition coefficient (Wildman–Crippen LogP) is -0.404. The lowest BCUT2D eigenvalue weighted by atomic mass is 10.2. The van der Waals surface area contributed by atoms with Gasteiger partial charge >= 0.3 is 0 Å². The van der Waals surface area contributed by atoms with Crippen molar-refractivity contribution in [3.8, 4) is 0 Å². The predicted molar refractivity (Wildman–Crippen MR) is 61.2 cm³/mol. The monoisotopic (exact) mass is 230 g/mol. The molecule has 1 rings (SSSR count). The average Bonchev–Trinajstić information content (AvgIpc) is 2.34. The summed E-state index contributed by atoms with van der Waals surface area (Å²) in [6.45, 7) is 5.31. The fourth-order valence-electron chi connectivity index (χ4n) is 1.69. The van der Waals surface area contributed by atoms with Crippen molar-refractivity contribution in [2.24, 2.45) is 0 Å². The first-order valence-electron chi connectivity index (χ1n) is 5.94. The number of morpholine rings is 1. The summed E-state index contributed by atoms with van der Waals surface area (Å²) in [5.74, 6) is 0.138. The Morgan fingerprint density at radius 1 is 1.50 bits per heavy atom. The Bertz CT molecular complexity index is 205. The summed E-state index contributed by atoms with van der Waals surface area (Å²) in [4.78, 5) is 13.6. The molecule has 1 unspecified atom stereocenters. The zero-order chi connectivity index (χ0) is 11.8. The molecule has 0 spiro atoms. The third-order valence-electron chi connectivity index (χ3n) is 2.76. The molecule has 1 heterocycles. The molecule has 0 radical (unpaired) electrons. The van der Waals surface area contributed by atoms with Crippen molar-refractivity contribution in [1.82, 2.24) is 10.2 Å². The van der Waals surface area contributed by atoms with E-state index in [1.807, 2.05) is 11.8 Å². The molecular weight excluding hydrogens is 208 g/mol. The number of rotatable bonds is 6. The zero-order valence-corrected chi connectivity index (χ0v) is 9.95. The van der Waals surface area contributed by atoms with Gasteiger partial charge in [0.1, 0.15) is 0 Å². The van der Waals surface area contributed by atoms with Crippen LogP contribution in [0.5, 0.6) is 0 Å². The Morgan fingerprint density at radius 2 is 2.19 bits per heavy atom. The van der Waals surface area contributed by atoms with Gasteiger partial charge in [-0.2, -0.15) is 0 Å². The number of carbonyl (C=O) groups is 1. The minimum Gasteiger partial charge on any atom is -0.396 e. The van der Waals surface area contributed by atoms with Gasteiger partial charge < -0.3 is 20.1 Å². The Balaban J connectivity index is 2.13. The summed E-state index contributed by atoms with van der Waals surface area (Å²) in [6, 6.07) is 0.275. The highest BCUT2D eigenvalue weighted by atomic mass is 16.5. The SMILES string of the molecule is CC(CCCO)NCC(=O)N1CCOCC1. The van der Waals surface area contributed by atoms with Crippen LogP contribution < -0.4 is 5.32 Å². The topological polar surface area (TPSA) is 61.8 Å². The van der Waals surface area contributed by atoms with E-state index in [9.17, 15) is 4.79 Å². The van der Waals surface area contributed by atoms with Crippen molar-refractivity contribution in [2.45, 2.75) is 25.8 Å². The van der Waals surface area contributed by atoms with Crippen LogP contribution in [0.15, 0.2) is 0 Å². The van der Waals surface area contributed by atoms with Gasteiger partial charge in [0.25, 0.3) is 0 Å². The van der Waals surface area contributed by atoms with E-state index in [0.717, 1.165) is 12.8 Å². The van der Waals surface area contributed by atoms with E-state index in [1.54, 1.807) is 0 Å². The number of carbonyl (C=O) groups excluding carboxylic acids is 1. The Hall–Kier alpha value is -0.650. The number of ether oxygens (including phenoxy) is 1. The molecule has 1 amide bonds. The molecule has 0 saturated carbocycles. The number of nitrogens with zero attached hydrogens (tertiary/aromatic N) is 1. The van der Waals surface area contributed by atoms with Crippen LogP contribution in [0.2, 0.25) is 0 Å². The number of nitrogens with one attached hydrogen (secondary N) is 1. The van der Waals surface area contributed by atoms with Gasteiger partial charge in [-0.15, -0.1) is 0 Å². The molecule has 1 saturated heterocycles. The van der Waals surface area contributed by atoms with Crippen molar-refractivity contribution < 1.29 is 14.6 Å². The molecule has 1 atom stereocenters. The van der Waals surface area contributed by atoms with Gasteiger partial charge in [0.15, 0.2) is 0 Å². The zero-order valence-electron chi connectivity index (χ0n) is 9.95. The molecule has 0 aromatic heterocycles. The molecule has 1 aliphatic rings. The molecule has 2 N–H and O–H groups in total. The first-order chi connectivity index (χ1) is 7.74. The molecule has 0 bridgehead atoms. The maximum atomic E-state index is 11.7. The van der Waals surface area contributed by atoms with E-state index in [4.69, 9.17) is 9.84 Å². The Labute approximate surface area is 96.8 Å². The number of hydrogen-bond acceptors (Lipinski definition) is 4. The Kier molecular flexibility index (Phi) is 6.37. The second-order valence-electron chi connectivity index (χ2n) is 4.14. The van der Waals surface area contributed by atoms with Crippen LogP contribution in [0, 0.1) is 0 Å². The molecule has 0 aromatic carbocycles. The molecule has 5 heteroatoms. The normalized spacial score (nSPS) is 18.5. The molecule has 5 nitrogen and oxygen atoms in total. The average molecular weight is 230 g/mol. The third kappa shape index (κ3) is 4.92. The van der Waals surface area contributed by atoms with Crippen molar-refractivity contribution in [2.75, 3.05) is 39.5 Å². The smallest absolute Gasteiger partial charge is 0.236 e. The highest BCUT2D eigenvalue weighted by Gasteiger charge is 2.16. The molecule has 94 valence electrons. The van der Waals surface area contributed by atoms with Crippen LogP contribution in [0.3, 0.4) is 0 Å². The summed E-state index contributed by atoms with van der Waals surface area (Å²) in [5, 5.41) is 11.9. The largest absolute Gasteiger partial charge is 0.396 e. The first-order valence-corrected chi connectivity index (χ1v) is 5.94. The van der Waals surface area contributed by atoms with E-state index in [0.29, 0.717) is 32.8 Å². The van der Waals surface area contributed by atoms with Crippen molar-refractivity contribution >= 4 is 5.91 Å². The standard InChI is InChI=1S/C11H22N2O3/c1-10(3-2-6-14)12-9-11(15)13-4-7-16-8-5-13/h10,12,14H,2-9H2,1H3. The lowest BCUT2D eigenvalue weighted by Crippen LogP contribution is -2.46. The molecular formula is C11H22N2O3. The summed E-state index contributed by atoms with van der Waals surface area (Å²) >= 11 is 0. The van der Waals surface area contributed by atoms with E-state index < -0.39 is 0 Å². The van der Waals surface area contributed by atoms with Crippen LogP contribution in [0.4, 0.5) is 0 Å². The number of amides is 1. The van der Waals surface area contributed by atoms with Crippen LogP contribution >= 0.6 is 0 Å². The minimum absolute atomic E-state index is 0.138. The van der Waals surface area contributed by atoms with Gasteiger partial charge in [0.05, 0.1) is 19.8 Å². The van der Waals surface area contributed by atoms with Crippen molar-refractivity contribution in [3.05, 3.63) is 0 Å². The Morgan fingerprint density at radius 3 is 2.81 bits per heavy atom. The summed E-state index contributed by atoms with van der Waals surface area (Å²) < 4.78 is 5.19. The van der Waals surface area contributed by atoms with Gasteiger partial charge in [-0.3, -0.25) is 4.79 Å². The van der Waals surface area contributed by atoms with Crippen LogP contribution in [0.25, 0.3) is 0 Å². The highest BCUT2D eigenvalue weighted by molar-refractivity contribution is 5.78. The lowest BCUT2D eigenvalue weighted by molar-refractivity contribution is -0.134. The minimum atomic E-state index is 0.138. The van der Waals surface area contributed by atoms with E-state index in [1.165, 1.54) is 0 Å². The summed E-state index contributed by atoms with van der Waals surface area (Å²) in [5.41, 5.74) is 0. The van der Waals surface area contributed by atoms with E-state index in [-0.39, 0.29) is 18.6 Å². The molecule has 1 fully saturated rings. The number of aliphatic hydroxyl groups is 1. The quantitative estimate of drug-likeness (QED) is 0.651. The van der Waals surface area contributed by atoms with Crippen molar-refractivity contribution in [3.63, 3.8) is 0 Å². The van der Waals surface area contributed by atoms with Gasteiger partial charge in [-0.1, -0.05) is 0 Å². The maximum Gasteiger partial charge on any atom is 0.236 e. The second kappa shape index (κ2) is 7.60. The third-order valence-corrected chi connectivity index (χ3v) is 2.76. The first kappa shape index (κ1) is 13.4. The van der Waals surface area contributed by atoms with E-state index >= 15 is 0 Å². The van der Waals surface area contributed by atoms with Gasteiger partial charge in [0, 0.05) is 25.7 Å². The molecule has 0 aromatic rings. The van der Waals surface area contributed by atoms with Crippen LogP contribution in [-0.2, 0) is 9.53 Å². The maximum absolute atomic E-state index is 11.7. The van der Waals surface area contributed by atoms with E-state index in [2.05, 4.69) is 5.32 Å².